The van der Waals surface area contributed by atoms with Gasteiger partial charge in [0.15, 0.2) is 0 Å². The summed E-state index contributed by atoms with van der Waals surface area (Å²) in [6, 6.07) is 0. The zero-order chi connectivity index (χ0) is 18.4. The van der Waals surface area contributed by atoms with Crippen LogP contribution in [0.25, 0.3) is 0 Å². The largest absolute Gasteiger partial charge is 0.463 e. The van der Waals surface area contributed by atoms with Gasteiger partial charge in [-0.25, -0.2) is 0 Å². The Kier molecular flexibility index (Phi) is 21.0. The van der Waals surface area contributed by atoms with E-state index in [4.69, 9.17) is 9.47 Å². The predicted molar refractivity (Wildman–Crippen MR) is 107 cm³/mol. The first-order chi connectivity index (χ1) is 12.3. The lowest BCUT2D eigenvalue weighted by Gasteiger charge is -2.06. The molecule has 0 aromatic rings. The fourth-order valence-corrected chi connectivity index (χ4v) is 2.95. The third kappa shape index (κ3) is 21.4. The van der Waals surface area contributed by atoms with Crippen LogP contribution in [0.5, 0.6) is 0 Å². The van der Waals surface area contributed by atoms with Crippen LogP contribution in [-0.2, 0) is 14.3 Å². The first-order valence-corrected chi connectivity index (χ1v) is 11.0. The van der Waals surface area contributed by atoms with E-state index < -0.39 is 0 Å². The van der Waals surface area contributed by atoms with Gasteiger partial charge in [-0.1, -0.05) is 97.3 Å². The highest BCUT2D eigenvalue weighted by atomic mass is 16.6. The van der Waals surface area contributed by atoms with Crippen LogP contribution in [0, 0.1) is 0 Å². The molecule has 0 bridgehead atoms. The minimum atomic E-state index is -0.0638. The standard InChI is InChI=1S/C22H44O3/c1-3-5-7-9-11-12-13-14-16-18-22(23)25-21-20-24-19-17-15-10-8-6-4-2/h3-21H2,1-2H3. The van der Waals surface area contributed by atoms with Crippen LogP contribution in [0.4, 0.5) is 0 Å². The molecule has 3 heteroatoms. The van der Waals surface area contributed by atoms with Crippen molar-refractivity contribution in [3.63, 3.8) is 0 Å². The molecular weight excluding hydrogens is 312 g/mol. The number of rotatable bonds is 20. The Bertz CT molecular complexity index is 266. The molecular formula is C22H44O3. The van der Waals surface area contributed by atoms with Crippen molar-refractivity contribution in [3.8, 4) is 0 Å². The van der Waals surface area contributed by atoms with Crippen LogP contribution in [0.3, 0.4) is 0 Å². The molecule has 0 rings (SSSR count). The van der Waals surface area contributed by atoms with Gasteiger partial charge >= 0.3 is 5.97 Å². The number of ether oxygens (including phenoxy) is 2. The average Bonchev–Trinajstić information content (AvgIpc) is 2.62. The molecule has 150 valence electrons. The Hall–Kier alpha value is -0.570. The average molecular weight is 357 g/mol. The number of carbonyl (C=O) groups is 1. The van der Waals surface area contributed by atoms with Gasteiger partial charge in [0.25, 0.3) is 0 Å². The summed E-state index contributed by atoms with van der Waals surface area (Å²) in [6.45, 7) is 6.23. The maximum atomic E-state index is 11.6. The SMILES string of the molecule is CCCCCCCCCCCC(=O)OCCOCCCCCCCC. The minimum Gasteiger partial charge on any atom is -0.463 e. The van der Waals surface area contributed by atoms with Crippen molar-refractivity contribution < 1.29 is 14.3 Å². The summed E-state index contributed by atoms with van der Waals surface area (Å²) in [4.78, 5) is 11.6. The van der Waals surface area contributed by atoms with Gasteiger partial charge in [-0.3, -0.25) is 4.79 Å². The second-order valence-electron chi connectivity index (χ2n) is 7.18. The summed E-state index contributed by atoms with van der Waals surface area (Å²) in [5.74, 6) is -0.0638. The first-order valence-electron chi connectivity index (χ1n) is 11.0. The maximum absolute atomic E-state index is 11.6. The van der Waals surface area contributed by atoms with Gasteiger partial charge in [-0.15, -0.1) is 0 Å². The molecule has 0 N–H and O–H groups in total. The van der Waals surface area contributed by atoms with Gasteiger partial charge in [0.2, 0.25) is 0 Å². The van der Waals surface area contributed by atoms with E-state index in [1.165, 1.54) is 77.0 Å². The van der Waals surface area contributed by atoms with Crippen LogP contribution < -0.4 is 0 Å². The predicted octanol–water partition coefficient (Wildman–Crippen LogP) is 6.83. The van der Waals surface area contributed by atoms with Crippen LogP contribution >= 0.6 is 0 Å². The number of esters is 1. The number of carbonyl (C=O) groups excluding carboxylic acids is 1. The fourth-order valence-electron chi connectivity index (χ4n) is 2.95. The Labute approximate surface area is 157 Å². The molecule has 0 fully saturated rings. The molecule has 25 heavy (non-hydrogen) atoms. The molecule has 0 spiro atoms. The molecule has 0 aromatic carbocycles. The van der Waals surface area contributed by atoms with Crippen LogP contribution in [-0.4, -0.2) is 25.8 Å². The topological polar surface area (TPSA) is 35.5 Å². The molecule has 0 radical (unpaired) electrons. The van der Waals surface area contributed by atoms with E-state index in [0.717, 1.165) is 25.9 Å². The lowest BCUT2D eigenvalue weighted by atomic mass is 10.1. The lowest BCUT2D eigenvalue weighted by Crippen LogP contribution is -2.10. The van der Waals surface area contributed by atoms with E-state index in [1.807, 2.05) is 0 Å². The molecule has 0 heterocycles. The van der Waals surface area contributed by atoms with Gasteiger partial charge in [-0.05, 0) is 12.8 Å². The van der Waals surface area contributed by atoms with Crippen molar-refractivity contribution in [1.82, 2.24) is 0 Å². The van der Waals surface area contributed by atoms with Crippen molar-refractivity contribution in [3.05, 3.63) is 0 Å². The molecule has 0 amide bonds. The summed E-state index contributed by atoms with van der Waals surface area (Å²) >= 11 is 0. The minimum absolute atomic E-state index is 0.0638. The summed E-state index contributed by atoms with van der Waals surface area (Å²) in [7, 11) is 0. The van der Waals surface area contributed by atoms with Gasteiger partial charge < -0.3 is 9.47 Å². The van der Waals surface area contributed by atoms with Crippen LogP contribution in [0.1, 0.15) is 117 Å². The first kappa shape index (κ1) is 24.4. The monoisotopic (exact) mass is 356 g/mol. The van der Waals surface area contributed by atoms with Crippen molar-refractivity contribution in [2.45, 2.75) is 117 Å². The highest BCUT2D eigenvalue weighted by Crippen LogP contribution is 2.10. The number of hydrogen-bond donors (Lipinski definition) is 0. The second-order valence-corrected chi connectivity index (χ2v) is 7.18. The third-order valence-electron chi connectivity index (χ3n) is 4.62. The quantitative estimate of drug-likeness (QED) is 0.177. The normalized spacial score (nSPS) is 11.0. The Morgan fingerprint density at radius 1 is 0.560 bits per heavy atom. The summed E-state index contributed by atoms with van der Waals surface area (Å²) < 4.78 is 10.7. The van der Waals surface area contributed by atoms with E-state index >= 15 is 0 Å². The van der Waals surface area contributed by atoms with Crippen molar-refractivity contribution in [1.29, 1.82) is 0 Å². The number of hydrogen-bond acceptors (Lipinski definition) is 3. The summed E-state index contributed by atoms with van der Waals surface area (Å²) in [5, 5.41) is 0. The third-order valence-corrected chi connectivity index (χ3v) is 4.62. The smallest absolute Gasteiger partial charge is 0.305 e. The molecule has 0 unspecified atom stereocenters. The van der Waals surface area contributed by atoms with E-state index in [-0.39, 0.29) is 5.97 Å². The molecule has 0 aliphatic heterocycles. The van der Waals surface area contributed by atoms with Gasteiger partial charge in [-0.2, -0.15) is 0 Å². The molecule has 0 aliphatic rings. The van der Waals surface area contributed by atoms with Gasteiger partial charge in [0.05, 0.1) is 6.61 Å². The van der Waals surface area contributed by atoms with Crippen molar-refractivity contribution in [2.75, 3.05) is 19.8 Å². The Balaban J connectivity index is 3.13. The summed E-state index contributed by atoms with van der Waals surface area (Å²) in [5.41, 5.74) is 0. The lowest BCUT2D eigenvalue weighted by molar-refractivity contribution is -0.145. The van der Waals surface area contributed by atoms with E-state index in [0.29, 0.717) is 19.6 Å². The molecule has 0 saturated carbocycles. The highest BCUT2D eigenvalue weighted by molar-refractivity contribution is 5.69. The van der Waals surface area contributed by atoms with Crippen LogP contribution in [0.2, 0.25) is 0 Å². The maximum Gasteiger partial charge on any atom is 0.305 e. The fraction of sp³-hybridized carbons (Fsp3) is 0.955. The van der Waals surface area contributed by atoms with Crippen molar-refractivity contribution in [2.24, 2.45) is 0 Å². The van der Waals surface area contributed by atoms with E-state index in [1.54, 1.807) is 0 Å². The molecule has 0 atom stereocenters. The summed E-state index contributed by atoms with van der Waals surface area (Å²) in [6.07, 6.45) is 19.7. The molecule has 3 nitrogen and oxygen atoms in total. The number of unbranched alkanes of at least 4 members (excludes halogenated alkanes) is 13. The van der Waals surface area contributed by atoms with E-state index in [9.17, 15) is 4.79 Å². The van der Waals surface area contributed by atoms with Crippen LogP contribution in [0.15, 0.2) is 0 Å². The Morgan fingerprint density at radius 2 is 1.04 bits per heavy atom. The van der Waals surface area contributed by atoms with E-state index in [2.05, 4.69) is 13.8 Å². The molecule has 0 aliphatic carbocycles. The Morgan fingerprint density at radius 3 is 1.60 bits per heavy atom. The zero-order valence-corrected chi connectivity index (χ0v) is 17.2. The molecule has 0 aromatic heterocycles. The zero-order valence-electron chi connectivity index (χ0n) is 17.2. The van der Waals surface area contributed by atoms with Gasteiger partial charge in [0.1, 0.15) is 6.61 Å². The van der Waals surface area contributed by atoms with Gasteiger partial charge in [0, 0.05) is 13.0 Å². The second kappa shape index (κ2) is 21.5. The molecule has 0 saturated heterocycles. The highest BCUT2D eigenvalue weighted by Gasteiger charge is 2.02. The van der Waals surface area contributed by atoms with Crippen molar-refractivity contribution >= 4 is 5.97 Å².